The Morgan fingerprint density at radius 2 is 2.17 bits per heavy atom. The SMILES string of the molecule is CC(C)CC1(O)C2=NCCCN2c2ccccc21. The fraction of sp³-hybridized carbons (Fsp3) is 0.533. The number of benzene rings is 1. The summed E-state index contributed by atoms with van der Waals surface area (Å²) in [7, 11) is 0. The Kier molecular flexibility index (Phi) is 2.67. The van der Waals surface area contributed by atoms with E-state index in [1.807, 2.05) is 18.2 Å². The summed E-state index contributed by atoms with van der Waals surface area (Å²) in [5, 5.41) is 11.1. The number of nitrogens with zero attached hydrogens (tertiary/aromatic N) is 2. The molecule has 96 valence electrons. The van der Waals surface area contributed by atoms with E-state index in [4.69, 9.17) is 0 Å². The summed E-state index contributed by atoms with van der Waals surface area (Å²) in [5.74, 6) is 1.30. The predicted octanol–water partition coefficient (Wildman–Crippen LogP) is 2.54. The zero-order valence-electron chi connectivity index (χ0n) is 11.1. The van der Waals surface area contributed by atoms with Gasteiger partial charge in [-0.05, 0) is 24.8 Å². The average Bonchev–Trinajstić information content (AvgIpc) is 2.61. The van der Waals surface area contributed by atoms with Crippen LogP contribution in [0.1, 0.15) is 32.3 Å². The first kappa shape index (κ1) is 11.7. The molecule has 0 aliphatic carbocycles. The van der Waals surface area contributed by atoms with Gasteiger partial charge in [-0.1, -0.05) is 32.0 Å². The fourth-order valence-electron chi connectivity index (χ4n) is 3.16. The maximum Gasteiger partial charge on any atom is 0.149 e. The van der Waals surface area contributed by atoms with E-state index in [-0.39, 0.29) is 0 Å². The summed E-state index contributed by atoms with van der Waals surface area (Å²) in [6.07, 6.45) is 1.80. The molecule has 0 amide bonds. The van der Waals surface area contributed by atoms with E-state index >= 15 is 0 Å². The van der Waals surface area contributed by atoms with Crippen molar-refractivity contribution in [1.82, 2.24) is 0 Å². The highest BCUT2D eigenvalue weighted by atomic mass is 16.3. The van der Waals surface area contributed by atoms with Gasteiger partial charge in [-0.3, -0.25) is 4.99 Å². The first-order chi connectivity index (χ1) is 8.63. The minimum absolute atomic E-state index is 0.438. The van der Waals surface area contributed by atoms with Gasteiger partial charge in [0.25, 0.3) is 0 Å². The summed E-state index contributed by atoms with van der Waals surface area (Å²) < 4.78 is 0. The monoisotopic (exact) mass is 244 g/mol. The van der Waals surface area contributed by atoms with Crippen molar-refractivity contribution in [2.45, 2.75) is 32.3 Å². The molecule has 0 saturated heterocycles. The molecule has 1 unspecified atom stereocenters. The lowest BCUT2D eigenvalue weighted by molar-refractivity contribution is 0.0893. The molecule has 2 heterocycles. The van der Waals surface area contributed by atoms with Crippen LogP contribution in [0.2, 0.25) is 0 Å². The van der Waals surface area contributed by atoms with Gasteiger partial charge in [-0.25, -0.2) is 0 Å². The molecule has 0 spiro atoms. The molecule has 0 aromatic heterocycles. The number of aliphatic hydroxyl groups is 1. The molecule has 3 nitrogen and oxygen atoms in total. The molecule has 0 bridgehead atoms. The molecule has 0 saturated carbocycles. The molecule has 3 heteroatoms. The number of para-hydroxylation sites is 1. The van der Waals surface area contributed by atoms with Crippen molar-refractivity contribution in [2.24, 2.45) is 10.9 Å². The van der Waals surface area contributed by atoms with Gasteiger partial charge in [0, 0.05) is 24.3 Å². The summed E-state index contributed by atoms with van der Waals surface area (Å²) in [5.41, 5.74) is 1.28. The first-order valence-corrected chi connectivity index (χ1v) is 6.77. The smallest absolute Gasteiger partial charge is 0.149 e. The van der Waals surface area contributed by atoms with E-state index in [0.717, 1.165) is 43.0 Å². The second kappa shape index (κ2) is 4.09. The molecular weight excluding hydrogens is 224 g/mol. The maximum absolute atomic E-state index is 11.1. The third kappa shape index (κ3) is 1.57. The normalized spacial score (nSPS) is 26.0. The quantitative estimate of drug-likeness (QED) is 0.867. The van der Waals surface area contributed by atoms with Gasteiger partial charge in [-0.15, -0.1) is 0 Å². The molecule has 1 aromatic carbocycles. The van der Waals surface area contributed by atoms with Crippen LogP contribution in [0.3, 0.4) is 0 Å². The zero-order valence-corrected chi connectivity index (χ0v) is 11.1. The van der Waals surface area contributed by atoms with E-state index in [9.17, 15) is 5.11 Å². The molecule has 1 aromatic rings. The van der Waals surface area contributed by atoms with Crippen molar-refractivity contribution >= 4 is 11.5 Å². The van der Waals surface area contributed by atoms with Crippen LogP contribution in [-0.4, -0.2) is 24.0 Å². The van der Waals surface area contributed by atoms with Gasteiger partial charge in [0.15, 0.2) is 0 Å². The molecule has 0 fully saturated rings. The number of hydrogen-bond donors (Lipinski definition) is 1. The largest absolute Gasteiger partial charge is 0.377 e. The lowest BCUT2D eigenvalue weighted by Gasteiger charge is -2.31. The van der Waals surface area contributed by atoms with Crippen LogP contribution in [0, 0.1) is 5.92 Å². The number of amidine groups is 1. The minimum Gasteiger partial charge on any atom is -0.377 e. The molecule has 2 aliphatic heterocycles. The molecule has 3 rings (SSSR count). The molecule has 18 heavy (non-hydrogen) atoms. The maximum atomic E-state index is 11.1. The van der Waals surface area contributed by atoms with Gasteiger partial charge < -0.3 is 10.0 Å². The number of aliphatic imine (C=N–C) groups is 1. The lowest BCUT2D eigenvalue weighted by Crippen LogP contribution is -2.44. The lowest BCUT2D eigenvalue weighted by atomic mass is 9.86. The minimum atomic E-state index is -0.884. The Labute approximate surface area is 108 Å². The standard InChI is InChI=1S/C15H20N2O/c1-11(2)10-15(18)12-6-3-4-7-13(12)17-9-5-8-16-14(15)17/h3-4,6-7,11,18H,5,8-10H2,1-2H3. The average molecular weight is 244 g/mol. The molecule has 1 N–H and O–H groups in total. The predicted molar refractivity (Wildman–Crippen MR) is 74.1 cm³/mol. The summed E-state index contributed by atoms with van der Waals surface area (Å²) in [4.78, 5) is 6.80. The Balaban J connectivity index is 2.14. The third-order valence-electron chi connectivity index (χ3n) is 3.77. The van der Waals surface area contributed by atoms with Crippen molar-refractivity contribution in [3.8, 4) is 0 Å². The Bertz CT molecular complexity index is 495. The van der Waals surface area contributed by atoms with Crippen LogP contribution in [0.4, 0.5) is 5.69 Å². The highest BCUT2D eigenvalue weighted by Gasteiger charge is 2.47. The summed E-state index contributed by atoms with van der Waals surface area (Å²) in [6, 6.07) is 8.17. The number of hydrogen-bond acceptors (Lipinski definition) is 3. The highest BCUT2D eigenvalue weighted by molar-refractivity contribution is 6.10. The van der Waals surface area contributed by atoms with E-state index in [0.29, 0.717) is 5.92 Å². The first-order valence-electron chi connectivity index (χ1n) is 6.77. The van der Waals surface area contributed by atoms with Gasteiger partial charge in [-0.2, -0.15) is 0 Å². The van der Waals surface area contributed by atoms with E-state index in [1.165, 1.54) is 0 Å². The van der Waals surface area contributed by atoms with Gasteiger partial charge in [0.05, 0.1) is 0 Å². The van der Waals surface area contributed by atoms with Crippen LogP contribution >= 0.6 is 0 Å². The second-order valence-corrected chi connectivity index (χ2v) is 5.69. The van der Waals surface area contributed by atoms with Crippen molar-refractivity contribution in [2.75, 3.05) is 18.0 Å². The Morgan fingerprint density at radius 1 is 1.39 bits per heavy atom. The van der Waals surface area contributed by atoms with Gasteiger partial charge in [0.1, 0.15) is 11.4 Å². The highest BCUT2D eigenvalue weighted by Crippen LogP contribution is 2.45. The van der Waals surface area contributed by atoms with Crippen LogP contribution in [0.25, 0.3) is 0 Å². The van der Waals surface area contributed by atoms with Crippen LogP contribution in [-0.2, 0) is 5.60 Å². The molecule has 2 aliphatic rings. The molecular formula is C15H20N2O. The molecule has 1 atom stereocenters. The zero-order chi connectivity index (χ0) is 12.8. The summed E-state index contributed by atoms with van der Waals surface area (Å²) >= 11 is 0. The van der Waals surface area contributed by atoms with Crippen molar-refractivity contribution < 1.29 is 5.11 Å². The van der Waals surface area contributed by atoms with E-state index in [1.54, 1.807) is 0 Å². The van der Waals surface area contributed by atoms with E-state index < -0.39 is 5.60 Å². The Morgan fingerprint density at radius 3 is 2.94 bits per heavy atom. The van der Waals surface area contributed by atoms with Crippen molar-refractivity contribution in [1.29, 1.82) is 0 Å². The number of fused-ring (bicyclic) bond motifs is 3. The molecule has 0 radical (unpaired) electrons. The van der Waals surface area contributed by atoms with Crippen molar-refractivity contribution in [3.63, 3.8) is 0 Å². The van der Waals surface area contributed by atoms with Crippen LogP contribution in [0.15, 0.2) is 29.3 Å². The van der Waals surface area contributed by atoms with Crippen molar-refractivity contribution in [3.05, 3.63) is 29.8 Å². The Hall–Kier alpha value is -1.35. The third-order valence-corrected chi connectivity index (χ3v) is 3.77. The topological polar surface area (TPSA) is 35.8 Å². The number of anilines is 1. The fourth-order valence-corrected chi connectivity index (χ4v) is 3.16. The second-order valence-electron chi connectivity index (χ2n) is 5.69. The van der Waals surface area contributed by atoms with Gasteiger partial charge in [0.2, 0.25) is 0 Å². The van der Waals surface area contributed by atoms with Gasteiger partial charge >= 0.3 is 0 Å². The van der Waals surface area contributed by atoms with E-state index in [2.05, 4.69) is 29.8 Å². The summed E-state index contributed by atoms with van der Waals surface area (Å²) in [6.45, 7) is 6.09. The number of rotatable bonds is 2. The van der Waals surface area contributed by atoms with Crippen LogP contribution < -0.4 is 4.90 Å². The van der Waals surface area contributed by atoms with Crippen LogP contribution in [0.5, 0.6) is 0 Å².